The molecule has 3 saturated heterocycles. The summed E-state index contributed by atoms with van der Waals surface area (Å²) in [4.78, 5) is 34.0. The third-order valence-corrected chi connectivity index (χ3v) is 20.3. The average molecular weight is 1630 g/mol. The van der Waals surface area contributed by atoms with E-state index in [4.69, 9.17) is 114 Å². The van der Waals surface area contributed by atoms with Crippen molar-refractivity contribution in [3.63, 3.8) is 0 Å². The first-order chi connectivity index (χ1) is 52.7. The molecule has 0 aromatic heterocycles. The van der Waals surface area contributed by atoms with Crippen LogP contribution in [0.15, 0.2) is 0 Å². The molecule has 9 unspecified atom stereocenters. The molecule has 0 saturated carbocycles. The van der Waals surface area contributed by atoms with Crippen LogP contribution in [0, 0.1) is 45.3 Å². The van der Waals surface area contributed by atoms with Crippen LogP contribution >= 0.6 is 25.8 Å². The van der Waals surface area contributed by atoms with Crippen LogP contribution < -0.4 is 11.5 Å². The van der Waals surface area contributed by atoms with Gasteiger partial charge < -0.3 is 144 Å². The van der Waals surface area contributed by atoms with Crippen LogP contribution in [-0.4, -0.2) is 286 Å². The maximum Gasteiger partial charge on any atom is 0.332 e. The highest BCUT2D eigenvalue weighted by atomic mass is 31.2. The van der Waals surface area contributed by atoms with Gasteiger partial charge in [-0.15, -0.1) is 0 Å². The van der Waals surface area contributed by atoms with Gasteiger partial charge in [0.15, 0.2) is 18.9 Å². The maximum atomic E-state index is 11.3. The first kappa shape index (κ1) is 100. The molecule has 3 aliphatic heterocycles. The van der Waals surface area contributed by atoms with Gasteiger partial charge in [-0.05, 0) is 64.2 Å². The number of aliphatic hydroxyl groups is 6. The summed E-state index contributed by atoms with van der Waals surface area (Å²) in [5.41, 5.74) is 11.3. The summed E-state index contributed by atoms with van der Waals surface area (Å²) in [5.74, 6) is -2.15. The fourth-order valence-electron chi connectivity index (χ4n) is 10.5. The van der Waals surface area contributed by atoms with Gasteiger partial charge in [0.2, 0.25) is 0 Å². The molecule has 3 fully saturated rings. The van der Waals surface area contributed by atoms with Crippen molar-refractivity contribution >= 4 is 43.7 Å². The molecule has 0 amide bonds. The number of hydrogen-bond acceptors (Lipinski definition) is 36. The van der Waals surface area contributed by atoms with E-state index in [-0.39, 0.29) is 138 Å². The molecule has 0 spiro atoms. The SMILES string of the molecule is CCCCOCC(COCCCOP(OCCC#N)OCCCCCCO[C@@H]1OC(COC(C)=O)[C@H](O)C(O)[C@@H]1C)(COCCCOP(OCCC#N)OCCCCCCO[C@@H]1OC(COC(C)=O)[C@H](O)C(O)[C@@H]1N)COCCCOP(OCCC#N)OCCCCCCO[C@@H]1OC(COC(C)=O)[C@H](O)C(O)[C@@H]1N. The molecular weight excluding hydrogens is 1500 g/mol. The van der Waals surface area contributed by atoms with E-state index >= 15 is 0 Å². The Kier molecular flexibility index (Phi) is 58.3. The molecule has 3 rings (SSSR count). The van der Waals surface area contributed by atoms with Crippen LogP contribution in [0.2, 0.25) is 0 Å². The number of carbonyl (C=O) groups excluding carboxylic acids is 3. The van der Waals surface area contributed by atoms with Crippen molar-refractivity contribution in [1.29, 1.82) is 15.8 Å². The average Bonchev–Trinajstić information content (AvgIpc) is 0.844. The second kappa shape index (κ2) is 63.3. The van der Waals surface area contributed by atoms with Crippen LogP contribution in [0.3, 0.4) is 0 Å². The summed E-state index contributed by atoms with van der Waals surface area (Å²) in [6.45, 7) is 11.8. The van der Waals surface area contributed by atoms with E-state index in [9.17, 15) is 60.8 Å². The van der Waals surface area contributed by atoms with Gasteiger partial charge in [-0.2, -0.15) is 15.8 Å². The third-order valence-electron chi connectivity index (χ3n) is 16.8. The zero-order chi connectivity index (χ0) is 79.7. The van der Waals surface area contributed by atoms with Gasteiger partial charge in [0, 0.05) is 72.9 Å². The van der Waals surface area contributed by atoms with Gasteiger partial charge in [-0.3, -0.25) is 14.4 Å². The van der Waals surface area contributed by atoms with E-state index in [1.807, 2.05) is 0 Å². The predicted octanol–water partition coefficient (Wildman–Crippen LogP) is 5.63. The lowest BCUT2D eigenvalue weighted by Gasteiger charge is -2.41. The highest BCUT2D eigenvalue weighted by Crippen LogP contribution is 2.42. The lowest BCUT2D eigenvalue weighted by molar-refractivity contribution is -0.283. The number of nitrogens with zero attached hydrogens (tertiary/aromatic N) is 3. The topological polar surface area (TPSA) is 499 Å². The normalized spacial score (nSPS) is 25.7. The van der Waals surface area contributed by atoms with E-state index < -0.39 is 141 Å². The molecule has 18 atom stereocenters. The van der Waals surface area contributed by atoms with E-state index in [0.717, 1.165) is 51.4 Å². The first-order valence-electron chi connectivity index (χ1n) is 38.0. The highest BCUT2D eigenvalue weighted by Gasteiger charge is 2.46. The molecule has 0 bridgehead atoms. The smallest absolute Gasteiger partial charge is 0.332 e. The highest BCUT2D eigenvalue weighted by molar-refractivity contribution is 7.42. The fourth-order valence-corrected chi connectivity index (χ4v) is 13.6. The first-order valence-corrected chi connectivity index (χ1v) is 41.3. The summed E-state index contributed by atoms with van der Waals surface area (Å²) >= 11 is 0. The molecule has 632 valence electrons. The molecule has 0 aliphatic carbocycles. The summed E-state index contributed by atoms with van der Waals surface area (Å²) in [5, 5.41) is 90.2. The molecule has 36 nitrogen and oxygen atoms in total. The minimum Gasteiger partial charge on any atom is -0.463 e. The number of carbonyl (C=O) groups is 3. The van der Waals surface area contributed by atoms with Crippen molar-refractivity contribution in [2.24, 2.45) is 22.8 Å². The second-order valence-electron chi connectivity index (χ2n) is 26.4. The van der Waals surface area contributed by atoms with Gasteiger partial charge in [0.05, 0.1) is 147 Å². The number of unbranched alkanes of at least 4 members (excludes halogenated alkanes) is 10. The molecule has 0 aromatic carbocycles. The van der Waals surface area contributed by atoms with Crippen molar-refractivity contribution in [1.82, 2.24) is 0 Å². The zero-order valence-corrected chi connectivity index (χ0v) is 67.0. The predicted molar refractivity (Wildman–Crippen MR) is 390 cm³/mol. The third kappa shape index (κ3) is 45.3. The quantitative estimate of drug-likeness (QED) is 0.0158. The molecule has 0 aromatic rings. The standard InChI is InChI=1S/C70H126N5O31P3/c1-6-7-29-85-48-70(49-86-30-23-42-101-107(98-39-20-26-71)95-36-17-11-8-14-33-89-67-52(2)61(79)62(80)56(104-67)45-92-53(3)76,50-87-31-24-43-102-108(99-40-21-27-72)96-37-18-12-9-15-34-90-68-59(74)65(83)63(81)57(105-68)46-93-54(4)77)51-88-32-25-44-103-109(100-41-22-28-73)97-38-19-13-10-16-35-91-69-60(75)66(84)64(82)58(106-69)47-94-55(5)78/h52,56-69,79-84H,6-25,29-51,74-75H2,1-5H3/t52-,56?,57?,58?,59-,60-,61?,62-,63-,64-,65?,66?,67+,68+,69+,70?,107?,108?,109?/m0/s1. The number of rotatable bonds is 68. The Labute approximate surface area is 646 Å². The van der Waals surface area contributed by atoms with Crippen LogP contribution in [-0.2, 0) is 117 Å². The van der Waals surface area contributed by atoms with Gasteiger partial charge in [0.1, 0.15) is 68.7 Å². The number of ether oxygens (including phenoxy) is 13. The van der Waals surface area contributed by atoms with Crippen molar-refractivity contribution in [2.75, 3.05) is 152 Å². The molecule has 109 heavy (non-hydrogen) atoms. The Morgan fingerprint density at radius 3 is 0.936 bits per heavy atom. The van der Waals surface area contributed by atoms with Crippen LogP contribution in [0.25, 0.3) is 0 Å². The number of nitrogens with two attached hydrogens (primary N) is 2. The zero-order valence-electron chi connectivity index (χ0n) is 64.3. The number of hydrogen-bond donors (Lipinski definition) is 8. The summed E-state index contributed by atoms with van der Waals surface area (Å²) < 4.78 is 129. The molecule has 3 heterocycles. The fraction of sp³-hybridized carbons (Fsp3) is 0.914. The maximum absolute atomic E-state index is 11.3. The van der Waals surface area contributed by atoms with Gasteiger partial charge in [-0.25, -0.2) is 0 Å². The van der Waals surface area contributed by atoms with Crippen molar-refractivity contribution in [3.05, 3.63) is 0 Å². The molecule has 3 aliphatic rings. The Balaban J connectivity index is 1.56. The minimum absolute atomic E-state index is 0.120. The number of aliphatic hydroxyl groups excluding tert-OH is 6. The molecule has 0 radical (unpaired) electrons. The summed E-state index contributed by atoms with van der Waals surface area (Å²) in [7, 11) is -5.36. The Morgan fingerprint density at radius 1 is 0.367 bits per heavy atom. The monoisotopic (exact) mass is 1630 g/mol. The van der Waals surface area contributed by atoms with Gasteiger partial charge in [-0.1, -0.05) is 58.8 Å². The van der Waals surface area contributed by atoms with Crippen molar-refractivity contribution < 1.29 is 147 Å². The molecule has 39 heteroatoms. The molecular formula is C70H126N5O31P3. The largest absolute Gasteiger partial charge is 0.463 e. The van der Waals surface area contributed by atoms with E-state index in [0.29, 0.717) is 90.8 Å². The van der Waals surface area contributed by atoms with Crippen LogP contribution in [0.1, 0.15) is 163 Å². The summed E-state index contributed by atoms with van der Waals surface area (Å²) in [6.07, 6.45) is -1.22. The Morgan fingerprint density at radius 2 is 0.633 bits per heavy atom. The van der Waals surface area contributed by atoms with Gasteiger partial charge in [0.25, 0.3) is 0 Å². The molecule has 10 N–H and O–H groups in total. The summed E-state index contributed by atoms with van der Waals surface area (Å²) in [6, 6.07) is 4.20. The van der Waals surface area contributed by atoms with E-state index in [1.54, 1.807) is 6.92 Å². The van der Waals surface area contributed by atoms with Gasteiger partial charge >= 0.3 is 43.7 Å². The number of nitriles is 3. The lowest BCUT2D eigenvalue weighted by Crippen LogP contribution is -2.62. The van der Waals surface area contributed by atoms with Crippen LogP contribution in [0.4, 0.5) is 0 Å². The van der Waals surface area contributed by atoms with Crippen LogP contribution in [0.5, 0.6) is 0 Å². The second-order valence-corrected chi connectivity index (χ2v) is 30.0. The Bertz CT molecular complexity index is 2210. The number of esters is 3. The van der Waals surface area contributed by atoms with E-state index in [2.05, 4.69) is 25.1 Å². The van der Waals surface area contributed by atoms with Crippen molar-refractivity contribution in [3.8, 4) is 18.2 Å². The van der Waals surface area contributed by atoms with E-state index in [1.165, 1.54) is 20.8 Å². The lowest BCUT2D eigenvalue weighted by atomic mass is 9.92. The van der Waals surface area contributed by atoms with Crippen molar-refractivity contribution in [2.45, 2.75) is 249 Å². The Hall–Kier alpha value is -2.91. The minimum atomic E-state index is -1.79.